The van der Waals surface area contributed by atoms with Gasteiger partial charge in [0.15, 0.2) is 0 Å². The summed E-state index contributed by atoms with van der Waals surface area (Å²) >= 11 is 0. The fraction of sp³-hybridized carbons (Fsp3) is 0.929. The van der Waals surface area contributed by atoms with E-state index in [0.717, 1.165) is 25.8 Å². The lowest BCUT2D eigenvalue weighted by Gasteiger charge is -2.26. The Balaban J connectivity index is 1.69. The quantitative estimate of drug-likeness (QED) is 0.790. The number of amides is 1. The van der Waals surface area contributed by atoms with Crippen LogP contribution >= 0.6 is 0 Å². The van der Waals surface area contributed by atoms with Crippen LogP contribution in [0.25, 0.3) is 0 Å². The van der Waals surface area contributed by atoms with Crippen LogP contribution in [0.2, 0.25) is 0 Å². The molecule has 0 aliphatic heterocycles. The molecule has 0 heterocycles. The van der Waals surface area contributed by atoms with E-state index in [1.54, 1.807) is 0 Å². The molecule has 2 aliphatic carbocycles. The van der Waals surface area contributed by atoms with Gasteiger partial charge in [-0.1, -0.05) is 13.3 Å². The van der Waals surface area contributed by atoms with Gasteiger partial charge in [-0.3, -0.25) is 4.79 Å². The van der Waals surface area contributed by atoms with Crippen LogP contribution in [0.15, 0.2) is 0 Å². The number of carbonyl (C=O) groups is 1. The van der Waals surface area contributed by atoms with Gasteiger partial charge in [0.2, 0.25) is 5.91 Å². The molecule has 3 nitrogen and oxygen atoms in total. The van der Waals surface area contributed by atoms with E-state index in [1.807, 2.05) is 0 Å². The SMILES string of the molecule is CC1CCCC1C(=O)NCC1CCC(N)CC1. The number of nitrogens with two attached hydrogens (primary N) is 1. The zero-order chi connectivity index (χ0) is 12.3. The van der Waals surface area contributed by atoms with Crippen molar-refractivity contribution in [2.45, 2.75) is 57.9 Å². The standard InChI is InChI=1S/C14H26N2O/c1-10-3-2-4-13(10)14(17)16-9-11-5-7-12(15)8-6-11/h10-13H,2-9,15H2,1H3,(H,16,17). The Hall–Kier alpha value is -0.570. The summed E-state index contributed by atoms with van der Waals surface area (Å²) in [5.41, 5.74) is 5.88. The Morgan fingerprint density at radius 2 is 1.88 bits per heavy atom. The van der Waals surface area contributed by atoms with Gasteiger partial charge in [-0.2, -0.15) is 0 Å². The van der Waals surface area contributed by atoms with Gasteiger partial charge in [0.1, 0.15) is 0 Å². The van der Waals surface area contributed by atoms with Crippen LogP contribution in [0.5, 0.6) is 0 Å². The van der Waals surface area contributed by atoms with Crippen molar-refractivity contribution in [3.05, 3.63) is 0 Å². The van der Waals surface area contributed by atoms with Crippen molar-refractivity contribution in [1.82, 2.24) is 5.32 Å². The number of hydrogen-bond donors (Lipinski definition) is 2. The predicted molar refractivity (Wildman–Crippen MR) is 69.4 cm³/mol. The van der Waals surface area contributed by atoms with Gasteiger partial charge < -0.3 is 11.1 Å². The Morgan fingerprint density at radius 1 is 1.18 bits per heavy atom. The van der Waals surface area contributed by atoms with E-state index in [9.17, 15) is 4.79 Å². The summed E-state index contributed by atoms with van der Waals surface area (Å²) in [6, 6.07) is 0.400. The molecule has 0 aromatic carbocycles. The summed E-state index contributed by atoms with van der Waals surface area (Å²) in [6.45, 7) is 3.08. The molecular formula is C14H26N2O. The molecule has 2 rings (SSSR count). The van der Waals surface area contributed by atoms with Crippen LogP contribution in [0.1, 0.15) is 51.9 Å². The lowest BCUT2D eigenvalue weighted by atomic mass is 9.86. The normalized spacial score (nSPS) is 38.0. The minimum absolute atomic E-state index is 0.279. The molecule has 17 heavy (non-hydrogen) atoms. The molecule has 2 aliphatic rings. The number of hydrogen-bond acceptors (Lipinski definition) is 2. The first kappa shape index (κ1) is 12.9. The van der Waals surface area contributed by atoms with Crippen molar-refractivity contribution in [1.29, 1.82) is 0 Å². The molecule has 0 radical (unpaired) electrons. The van der Waals surface area contributed by atoms with Gasteiger partial charge in [-0.05, 0) is 50.4 Å². The smallest absolute Gasteiger partial charge is 0.223 e. The molecule has 0 saturated heterocycles. The molecular weight excluding hydrogens is 212 g/mol. The average Bonchev–Trinajstić information content (AvgIpc) is 2.74. The largest absolute Gasteiger partial charge is 0.356 e. The first-order chi connectivity index (χ1) is 8.16. The van der Waals surface area contributed by atoms with Gasteiger partial charge >= 0.3 is 0 Å². The minimum atomic E-state index is 0.279. The molecule has 0 spiro atoms. The summed E-state index contributed by atoms with van der Waals surface area (Å²) < 4.78 is 0. The van der Waals surface area contributed by atoms with Crippen LogP contribution in [0.3, 0.4) is 0 Å². The Kier molecular flexibility index (Phi) is 4.43. The first-order valence-electron chi connectivity index (χ1n) is 7.20. The van der Waals surface area contributed by atoms with Crippen LogP contribution in [-0.4, -0.2) is 18.5 Å². The molecule has 2 saturated carbocycles. The average molecular weight is 238 g/mol. The maximum Gasteiger partial charge on any atom is 0.223 e. The molecule has 2 unspecified atom stereocenters. The van der Waals surface area contributed by atoms with Gasteiger partial charge in [-0.15, -0.1) is 0 Å². The topological polar surface area (TPSA) is 55.1 Å². The lowest BCUT2D eigenvalue weighted by molar-refractivity contribution is -0.126. The van der Waals surface area contributed by atoms with Crippen molar-refractivity contribution in [3.63, 3.8) is 0 Å². The van der Waals surface area contributed by atoms with E-state index in [-0.39, 0.29) is 5.92 Å². The fourth-order valence-electron chi connectivity index (χ4n) is 3.30. The maximum absolute atomic E-state index is 12.0. The van der Waals surface area contributed by atoms with Gasteiger partial charge in [0.25, 0.3) is 0 Å². The fourth-order valence-corrected chi connectivity index (χ4v) is 3.30. The van der Waals surface area contributed by atoms with E-state index in [0.29, 0.717) is 23.8 Å². The highest BCUT2D eigenvalue weighted by Crippen LogP contribution is 2.31. The summed E-state index contributed by atoms with van der Waals surface area (Å²) in [7, 11) is 0. The van der Waals surface area contributed by atoms with Crippen LogP contribution in [0.4, 0.5) is 0 Å². The molecule has 0 bridgehead atoms. The maximum atomic E-state index is 12.0. The monoisotopic (exact) mass is 238 g/mol. The van der Waals surface area contributed by atoms with Gasteiger partial charge in [0, 0.05) is 18.5 Å². The summed E-state index contributed by atoms with van der Waals surface area (Å²) in [4.78, 5) is 12.0. The molecule has 98 valence electrons. The Bertz CT molecular complexity index is 259. The van der Waals surface area contributed by atoms with Crippen LogP contribution < -0.4 is 11.1 Å². The highest BCUT2D eigenvalue weighted by molar-refractivity contribution is 5.79. The van der Waals surface area contributed by atoms with Gasteiger partial charge in [-0.25, -0.2) is 0 Å². The molecule has 0 aromatic rings. The second-order valence-corrected chi connectivity index (χ2v) is 6.04. The molecule has 2 atom stereocenters. The molecule has 3 heteroatoms. The van der Waals surface area contributed by atoms with Crippen molar-refractivity contribution in [3.8, 4) is 0 Å². The van der Waals surface area contributed by atoms with E-state index < -0.39 is 0 Å². The minimum Gasteiger partial charge on any atom is -0.356 e. The summed E-state index contributed by atoms with van der Waals surface area (Å²) in [6.07, 6.45) is 8.14. The molecule has 1 amide bonds. The number of carbonyl (C=O) groups excluding carboxylic acids is 1. The zero-order valence-corrected chi connectivity index (χ0v) is 11.0. The van der Waals surface area contributed by atoms with E-state index in [4.69, 9.17) is 5.73 Å². The van der Waals surface area contributed by atoms with E-state index in [1.165, 1.54) is 25.7 Å². The first-order valence-corrected chi connectivity index (χ1v) is 7.20. The third-order valence-electron chi connectivity index (χ3n) is 4.65. The summed E-state index contributed by atoms with van der Waals surface area (Å²) in [5, 5.41) is 3.16. The molecule has 0 aromatic heterocycles. The lowest BCUT2D eigenvalue weighted by Crippen LogP contribution is -2.37. The van der Waals surface area contributed by atoms with Crippen LogP contribution in [-0.2, 0) is 4.79 Å². The van der Waals surface area contributed by atoms with Gasteiger partial charge in [0.05, 0.1) is 0 Å². The van der Waals surface area contributed by atoms with Crippen molar-refractivity contribution in [2.75, 3.05) is 6.54 Å². The van der Waals surface area contributed by atoms with Crippen molar-refractivity contribution < 1.29 is 4.79 Å². The Labute approximate surface area is 105 Å². The second kappa shape index (κ2) is 5.85. The number of nitrogens with one attached hydrogen (secondary N) is 1. The third-order valence-corrected chi connectivity index (χ3v) is 4.65. The van der Waals surface area contributed by atoms with Crippen molar-refractivity contribution in [2.24, 2.45) is 23.5 Å². The highest BCUT2D eigenvalue weighted by atomic mass is 16.1. The van der Waals surface area contributed by atoms with Crippen molar-refractivity contribution >= 4 is 5.91 Å². The van der Waals surface area contributed by atoms with Crippen LogP contribution in [0, 0.1) is 17.8 Å². The van der Waals surface area contributed by atoms with E-state index in [2.05, 4.69) is 12.2 Å². The number of rotatable bonds is 3. The summed E-state index contributed by atoms with van der Waals surface area (Å²) in [5.74, 6) is 1.82. The Morgan fingerprint density at radius 3 is 2.47 bits per heavy atom. The predicted octanol–water partition coefficient (Wildman–Crippen LogP) is 2.06. The molecule has 3 N–H and O–H groups in total. The highest BCUT2D eigenvalue weighted by Gasteiger charge is 2.30. The third kappa shape index (κ3) is 3.44. The zero-order valence-electron chi connectivity index (χ0n) is 11.0. The van der Waals surface area contributed by atoms with E-state index >= 15 is 0 Å². The second-order valence-electron chi connectivity index (χ2n) is 6.04. The molecule has 2 fully saturated rings.